The molecule has 0 aliphatic rings. The molecule has 0 aliphatic carbocycles. The smallest absolute Gasteiger partial charge is 0.387 e. The lowest BCUT2D eigenvalue weighted by Gasteiger charge is -2.23. The van der Waals surface area contributed by atoms with Crippen molar-refractivity contribution < 1.29 is 28.4 Å². The van der Waals surface area contributed by atoms with Crippen LogP contribution in [0.3, 0.4) is 0 Å². The third-order valence-corrected chi connectivity index (χ3v) is 10.4. The Kier molecular flexibility index (Phi) is 39.0. The topological polar surface area (TPSA) is 131 Å². The molecule has 310 valence electrons. The molecule has 0 aliphatic heterocycles. The van der Waals surface area contributed by atoms with Gasteiger partial charge in [0.05, 0.1) is 25.4 Å². The number of nitrogens with one attached hydrogen (secondary N) is 1. The summed E-state index contributed by atoms with van der Waals surface area (Å²) in [5.41, 5.74) is 5.36. The Morgan fingerprint density at radius 2 is 1.04 bits per heavy atom. The summed E-state index contributed by atoms with van der Waals surface area (Å²) in [6, 6.07) is -0.864. The van der Waals surface area contributed by atoms with E-state index in [1.807, 2.05) is 6.08 Å². The maximum absolute atomic E-state index is 12.7. The summed E-state index contributed by atoms with van der Waals surface area (Å²) in [7, 11) is -4.34. The highest BCUT2D eigenvalue weighted by atomic mass is 31.2. The Morgan fingerprint density at radius 3 is 1.51 bits per heavy atom. The Bertz CT molecular complexity index is 970. The molecule has 8 nitrogen and oxygen atoms in total. The lowest BCUT2D eigenvalue weighted by Crippen LogP contribution is -2.45. The van der Waals surface area contributed by atoms with E-state index in [2.05, 4.69) is 55.6 Å². The number of aliphatic hydroxyl groups excluding tert-OH is 1. The highest BCUT2D eigenvalue weighted by molar-refractivity contribution is 7.47. The number of allylic oxidation sites excluding steroid dienone is 7. The third-order valence-electron chi connectivity index (χ3n) is 9.40. The van der Waals surface area contributed by atoms with E-state index >= 15 is 0 Å². The van der Waals surface area contributed by atoms with Crippen LogP contribution in [0.5, 0.6) is 0 Å². The van der Waals surface area contributed by atoms with Crippen molar-refractivity contribution in [1.82, 2.24) is 5.32 Å². The van der Waals surface area contributed by atoms with Crippen LogP contribution in [0.4, 0.5) is 0 Å². The molecule has 0 saturated carbocycles. The van der Waals surface area contributed by atoms with E-state index in [-0.39, 0.29) is 25.7 Å². The second-order valence-corrected chi connectivity index (χ2v) is 16.0. The molecule has 0 radical (unpaired) electrons. The highest BCUT2D eigenvalue weighted by Gasteiger charge is 2.26. The first-order valence-electron chi connectivity index (χ1n) is 21.8. The van der Waals surface area contributed by atoms with Gasteiger partial charge in [0.1, 0.15) is 0 Å². The summed E-state index contributed by atoms with van der Waals surface area (Å²) in [6.45, 7) is 4.09. The number of hydrogen-bond acceptors (Lipinski definition) is 6. The van der Waals surface area contributed by atoms with Crippen molar-refractivity contribution in [2.24, 2.45) is 5.73 Å². The molecule has 0 rings (SSSR count). The molecule has 0 fully saturated rings. The van der Waals surface area contributed by atoms with E-state index in [1.54, 1.807) is 6.08 Å². The van der Waals surface area contributed by atoms with E-state index in [1.165, 1.54) is 116 Å². The van der Waals surface area contributed by atoms with Crippen LogP contribution in [0.15, 0.2) is 48.6 Å². The molecule has 0 aromatic carbocycles. The van der Waals surface area contributed by atoms with Gasteiger partial charge >= 0.3 is 7.82 Å². The first kappa shape index (κ1) is 51.5. The first-order chi connectivity index (χ1) is 25.9. The van der Waals surface area contributed by atoms with Crippen LogP contribution in [0, 0.1) is 0 Å². The van der Waals surface area contributed by atoms with Gasteiger partial charge in [-0.1, -0.05) is 178 Å². The zero-order valence-corrected chi connectivity index (χ0v) is 35.1. The number of phosphoric ester groups is 1. The summed E-state index contributed by atoms with van der Waals surface area (Å²) in [5, 5.41) is 13.6. The Morgan fingerprint density at radius 1 is 0.623 bits per heavy atom. The zero-order chi connectivity index (χ0) is 38.9. The summed E-state index contributed by atoms with van der Waals surface area (Å²) in [5.74, 6) is -0.204. The summed E-state index contributed by atoms with van der Waals surface area (Å²) < 4.78 is 22.1. The van der Waals surface area contributed by atoms with Crippen LogP contribution in [0.25, 0.3) is 0 Å². The zero-order valence-electron chi connectivity index (χ0n) is 34.2. The van der Waals surface area contributed by atoms with Gasteiger partial charge in [-0.3, -0.25) is 13.8 Å². The molecular formula is C44H83N2O6P. The summed E-state index contributed by atoms with van der Waals surface area (Å²) in [6.07, 6.45) is 48.7. The van der Waals surface area contributed by atoms with Gasteiger partial charge in [-0.05, 0) is 57.8 Å². The lowest BCUT2D eigenvalue weighted by molar-refractivity contribution is -0.123. The SMILES string of the molecule is CCCCCCC/C=C\C/C=C\C/C=C\CCCCCCCCCCC(=O)NC(COP(=O)(O)OCCN)C(O)/C=C/CCCCCCCCCCC. The summed E-state index contributed by atoms with van der Waals surface area (Å²) >= 11 is 0. The van der Waals surface area contributed by atoms with Gasteiger partial charge in [0.25, 0.3) is 0 Å². The van der Waals surface area contributed by atoms with Gasteiger partial charge < -0.3 is 21.1 Å². The quantitative estimate of drug-likeness (QED) is 0.0277. The van der Waals surface area contributed by atoms with Gasteiger partial charge in [-0.2, -0.15) is 0 Å². The number of carbonyl (C=O) groups excluding carboxylic acids is 1. The fourth-order valence-electron chi connectivity index (χ4n) is 6.08. The number of phosphoric acid groups is 1. The number of rotatable bonds is 40. The maximum atomic E-state index is 12.7. The number of carbonyl (C=O) groups is 1. The van der Waals surface area contributed by atoms with E-state index in [0.717, 1.165) is 57.8 Å². The van der Waals surface area contributed by atoms with Crippen LogP contribution < -0.4 is 11.1 Å². The van der Waals surface area contributed by atoms with Crippen molar-refractivity contribution in [3.63, 3.8) is 0 Å². The average molecular weight is 767 g/mol. The number of unbranched alkanes of at least 4 members (excludes halogenated alkanes) is 22. The Labute approximate surface area is 326 Å². The molecular weight excluding hydrogens is 683 g/mol. The first-order valence-corrected chi connectivity index (χ1v) is 23.3. The van der Waals surface area contributed by atoms with Crippen LogP contribution >= 0.6 is 7.82 Å². The molecule has 0 spiro atoms. The molecule has 9 heteroatoms. The standard InChI is InChI=1S/C44H83N2O6P/c1-3-5-7-9-11-13-15-16-17-18-19-20-21-22-23-24-25-26-28-30-32-34-36-38-44(48)46-42(41-52-53(49,50)51-40-39-45)43(47)37-35-33-31-29-27-14-12-10-8-6-4-2/h15-16,18-19,21-22,35,37,42-43,47H,3-14,17,20,23-34,36,38-41,45H2,1-2H3,(H,46,48)(H,49,50)/b16-15-,19-18-,22-21-,37-35+. The van der Waals surface area contributed by atoms with Crippen LogP contribution in [0.1, 0.15) is 194 Å². The van der Waals surface area contributed by atoms with Gasteiger partial charge in [-0.25, -0.2) is 4.57 Å². The minimum absolute atomic E-state index is 0.0756. The second-order valence-electron chi connectivity index (χ2n) is 14.6. The Balaban J connectivity index is 4.15. The number of aliphatic hydroxyl groups is 1. The second kappa shape index (κ2) is 40.1. The van der Waals surface area contributed by atoms with Crippen molar-refractivity contribution >= 4 is 13.7 Å². The normalized spacial score (nSPS) is 14.6. The van der Waals surface area contributed by atoms with E-state index in [9.17, 15) is 19.4 Å². The van der Waals surface area contributed by atoms with Crippen molar-refractivity contribution in [2.45, 2.75) is 206 Å². The van der Waals surface area contributed by atoms with Crippen molar-refractivity contribution in [3.05, 3.63) is 48.6 Å². The van der Waals surface area contributed by atoms with Crippen molar-refractivity contribution in [1.29, 1.82) is 0 Å². The number of nitrogens with two attached hydrogens (primary N) is 1. The van der Waals surface area contributed by atoms with Crippen LogP contribution in [-0.4, -0.2) is 47.8 Å². The minimum atomic E-state index is -4.34. The predicted octanol–water partition coefficient (Wildman–Crippen LogP) is 12.1. The molecule has 3 atom stereocenters. The molecule has 5 N–H and O–H groups in total. The molecule has 0 heterocycles. The van der Waals surface area contributed by atoms with Gasteiger partial charge in [0.15, 0.2) is 0 Å². The minimum Gasteiger partial charge on any atom is -0.387 e. The molecule has 0 aromatic rings. The molecule has 0 saturated heterocycles. The fourth-order valence-corrected chi connectivity index (χ4v) is 6.84. The van der Waals surface area contributed by atoms with E-state index in [0.29, 0.717) is 6.42 Å². The highest BCUT2D eigenvalue weighted by Crippen LogP contribution is 2.43. The molecule has 3 unspecified atom stereocenters. The average Bonchev–Trinajstić information content (AvgIpc) is 3.14. The number of amides is 1. The van der Waals surface area contributed by atoms with Crippen molar-refractivity contribution in [3.8, 4) is 0 Å². The monoisotopic (exact) mass is 767 g/mol. The largest absolute Gasteiger partial charge is 0.472 e. The van der Waals surface area contributed by atoms with E-state index in [4.69, 9.17) is 14.8 Å². The summed E-state index contributed by atoms with van der Waals surface area (Å²) in [4.78, 5) is 22.7. The van der Waals surface area contributed by atoms with E-state index < -0.39 is 20.0 Å². The molecule has 0 aromatic heterocycles. The fraction of sp³-hybridized carbons (Fsp3) is 0.795. The predicted molar refractivity (Wildman–Crippen MR) is 226 cm³/mol. The van der Waals surface area contributed by atoms with Crippen molar-refractivity contribution in [2.75, 3.05) is 19.8 Å². The van der Waals surface area contributed by atoms with Gasteiger partial charge in [-0.15, -0.1) is 0 Å². The van der Waals surface area contributed by atoms with Crippen LogP contribution in [0.2, 0.25) is 0 Å². The lowest BCUT2D eigenvalue weighted by atomic mass is 10.1. The number of hydrogen-bond donors (Lipinski definition) is 4. The van der Waals surface area contributed by atoms with Gasteiger partial charge in [0.2, 0.25) is 5.91 Å². The Hall–Kier alpha value is -1.54. The maximum Gasteiger partial charge on any atom is 0.472 e. The molecule has 53 heavy (non-hydrogen) atoms. The van der Waals surface area contributed by atoms with Gasteiger partial charge in [0, 0.05) is 13.0 Å². The third kappa shape index (κ3) is 38.5. The molecule has 1 amide bonds. The van der Waals surface area contributed by atoms with Crippen LogP contribution in [-0.2, 0) is 18.4 Å². The molecule has 0 bridgehead atoms.